The Labute approximate surface area is 108 Å². The van der Waals surface area contributed by atoms with E-state index in [0.717, 1.165) is 34.4 Å². The first-order chi connectivity index (χ1) is 8.25. The Bertz CT molecular complexity index is 565. The summed E-state index contributed by atoms with van der Waals surface area (Å²) in [5.41, 5.74) is 9.12. The van der Waals surface area contributed by atoms with Gasteiger partial charge in [-0.3, -0.25) is 0 Å². The molecule has 0 amide bonds. The molecule has 1 aromatic carbocycles. The van der Waals surface area contributed by atoms with Crippen molar-refractivity contribution >= 4 is 21.7 Å². The van der Waals surface area contributed by atoms with Gasteiger partial charge in [-0.1, -0.05) is 22.0 Å². The number of benzene rings is 1. The molecule has 17 heavy (non-hydrogen) atoms. The Hall–Kier alpha value is -1.33. The van der Waals surface area contributed by atoms with E-state index in [1.165, 1.54) is 0 Å². The Morgan fingerprint density at radius 1 is 1.41 bits per heavy atom. The minimum atomic E-state index is 0.565. The van der Waals surface area contributed by atoms with Crippen LogP contribution < -0.4 is 5.73 Å². The number of hydrogen-bond acceptors (Lipinski definition) is 3. The third-order valence-corrected chi connectivity index (χ3v) is 3.40. The Morgan fingerprint density at radius 3 is 3.12 bits per heavy atom. The molecule has 0 fully saturated rings. The van der Waals surface area contributed by atoms with Crippen molar-refractivity contribution < 1.29 is 4.74 Å². The van der Waals surface area contributed by atoms with Crippen LogP contribution in [0.15, 0.2) is 28.7 Å². The fourth-order valence-electron chi connectivity index (χ4n) is 2.08. The summed E-state index contributed by atoms with van der Waals surface area (Å²) in [5.74, 6) is 0.569. The van der Waals surface area contributed by atoms with E-state index >= 15 is 0 Å². The first-order valence-corrected chi connectivity index (χ1v) is 6.25. The van der Waals surface area contributed by atoms with Crippen LogP contribution in [0.3, 0.4) is 0 Å². The van der Waals surface area contributed by atoms with Crippen LogP contribution in [-0.4, -0.2) is 16.4 Å². The van der Waals surface area contributed by atoms with Gasteiger partial charge in [0.2, 0.25) is 0 Å². The van der Waals surface area contributed by atoms with Gasteiger partial charge in [-0.2, -0.15) is 5.10 Å². The van der Waals surface area contributed by atoms with Gasteiger partial charge in [0.15, 0.2) is 5.82 Å². The van der Waals surface area contributed by atoms with Gasteiger partial charge >= 0.3 is 0 Å². The number of nitrogen functional groups attached to an aromatic ring is 1. The minimum Gasteiger partial charge on any atom is -0.382 e. The minimum absolute atomic E-state index is 0.565. The molecule has 0 aliphatic carbocycles. The van der Waals surface area contributed by atoms with Crippen LogP contribution in [0.25, 0.3) is 5.69 Å². The van der Waals surface area contributed by atoms with E-state index in [9.17, 15) is 0 Å². The smallest absolute Gasteiger partial charge is 0.151 e. The number of nitrogens with two attached hydrogens (primary N) is 1. The van der Waals surface area contributed by atoms with Crippen molar-refractivity contribution in [1.82, 2.24) is 9.78 Å². The maximum absolute atomic E-state index is 5.91. The fourth-order valence-corrected chi connectivity index (χ4v) is 2.47. The van der Waals surface area contributed by atoms with Gasteiger partial charge in [0.1, 0.15) is 0 Å². The Morgan fingerprint density at radius 2 is 2.29 bits per heavy atom. The molecule has 0 saturated carbocycles. The lowest BCUT2D eigenvalue weighted by atomic mass is 10.1. The largest absolute Gasteiger partial charge is 0.382 e. The molecule has 5 heteroatoms. The highest BCUT2D eigenvalue weighted by atomic mass is 79.9. The highest BCUT2D eigenvalue weighted by molar-refractivity contribution is 9.10. The molecular weight excluding hydrogens is 282 g/mol. The number of anilines is 1. The maximum Gasteiger partial charge on any atom is 0.151 e. The fraction of sp³-hybridized carbons (Fsp3) is 0.250. The molecule has 2 heterocycles. The van der Waals surface area contributed by atoms with Gasteiger partial charge in [-0.25, -0.2) is 4.68 Å². The first kappa shape index (κ1) is 10.8. The van der Waals surface area contributed by atoms with Crippen LogP contribution in [-0.2, 0) is 17.8 Å². The molecule has 0 saturated heterocycles. The third kappa shape index (κ3) is 1.85. The van der Waals surface area contributed by atoms with Crippen LogP contribution >= 0.6 is 15.9 Å². The highest BCUT2D eigenvalue weighted by Crippen LogP contribution is 2.26. The molecule has 1 aromatic heterocycles. The van der Waals surface area contributed by atoms with E-state index < -0.39 is 0 Å². The number of ether oxygens (including phenoxy) is 1. The standard InChI is InChI=1S/C12H12BrN3O/c13-8-2-1-3-9(6-8)16-11-4-5-17-7-10(11)12(14)15-16/h1-3,6H,4-5,7H2,(H2,14,15). The van der Waals surface area contributed by atoms with Crippen LogP contribution in [0.4, 0.5) is 5.82 Å². The Kier molecular flexibility index (Phi) is 2.64. The SMILES string of the molecule is Nc1nn(-c2cccc(Br)c2)c2c1COCC2. The third-order valence-electron chi connectivity index (χ3n) is 2.90. The van der Waals surface area contributed by atoms with E-state index in [1.807, 2.05) is 28.9 Å². The summed E-state index contributed by atoms with van der Waals surface area (Å²) in [5, 5.41) is 4.40. The van der Waals surface area contributed by atoms with E-state index in [0.29, 0.717) is 12.4 Å². The van der Waals surface area contributed by atoms with Crippen LogP contribution in [0.5, 0.6) is 0 Å². The maximum atomic E-state index is 5.91. The summed E-state index contributed by atoms with van der Waals surface area (Å²) in [6.07, 6.45) is 0.853. The predicted octanol–water partition coefficient (Wildman–Crippen LogP) is 2.29. The van der Waals surface area contributed by atoms with Gasteiger partial charge in [-0.15, -0.1) is 0 Å². The second kappa shape index (κ2) is 4.16. The molecule has 4 nitrogen and oxygen atoms in total. The number of rotatable bonds is 1. The van der Waals surface area contributed by atoms with Crippen LogP contribution in [0.1, 0.15) is 11.3 Å². The van der Waals surface area contributed by atoms with Crippen molar-refractivity contribution in [3.8, 4) is 5.69 Å². The molecule has 3 rings (SSSR count). The van der Waals surface area contributed by atoms with Gasteiger partial charge in [0, 0.05) is 16.5 Å². The second-order valence-electron chi connectivity index (χ2n) is 4.00. The van der Waals surface area contributed by atoms with E-state index in [2.05, 4.69) is 21.0 Å². The zero-order valence-corrected chi connectivity index (χ0v) is 10.8. The lowest BCUT2D eigenvalue weighted by molar-refractivity contribution is 0.110. The number of fused-ring (bicyclic) bond motifs is 1. The van der Waals surface area contributed by atoms with E-state index in [4.69, 9.17) is 10.5 Å². The molecule has 0 bridgehead atoms. The molecule has 88 valence electrons. The molecule has 0 atom stereocenters. The zero-order chi connectivity index (χ0) is 11.8. The number of halogens is 1. The summed E-state index contributed by atoms with van der Waals surface area (Å²) in [6.45, 7) is 1.29. The molecule has 2 N–H and O–H groups in total. The quantitative estimate of drug-likeness (QED) is 0.878. The van der Waals surface area contributed by atoms with Gasteiger partial charge < -0.3 is 10.5 Å². The molecule has 1 aliphatic rings. The molecule has 1 aliphatic heterocycles. The monoisotopic (exact) mass is 293 g/mol. The van der Waals surface area contributed by atoms with Crippen molar-refractivity contribution in [3.63, 3.8) is 0 Å². The molecule has 0 radical (unpaired) electrons. The molecule has 0 unspecified atom stereocenters. The van der Waals surface area contributed by atoms with Crippen molar-refractivity contribution in [2.45, 2.75) is 13.0 Å². The lowest BCUT2D eigenvalue weighted by Crippen LogP contribution is -2.13. The lowest BCUT2D eigenvalue weighted by Gasteiger charge is -2.14. The van der Waals surface area contributed by atoms with Gasteiger partial charge in [-0.05, 0) is 18.2 Å². The van der Waals surface area contributed by atoms with Gasteiger partial charge in [0.25, 0.3) is 0 Å². The van der Waals surface area contributed by atoms with Crippen molar-refractivity contribution in [3.05, 3.63) is 40.0 Å². The van der Waals surface area contributed by atoms with Crippen LogP contribution in [0, 0.1) is 0 Å². The number of nitrogens with zero attached hydrogens (tertiary/aromatic N) is 2. The molecule has 2 aromatic rings. The summed E-state index contributed by atoms with van der Waals surface area (Å²) in [4.78, 5) is 0. The Balaban J connectivity index is 2.15. The molecular formula is C12H12BrN3O. The summed E-state index contributed by atoms with van der Waals surface area (Å²) >= 11 is 3.47. The highest BCUT2D eigenvalue weighted by Gasteiger charge is 2.20. The van der Waals surface area contributed by atoms with E-state index in [1.54, 1.807) is 0 Å². The summed E-state index contributed by atoms with van der Waals surface area (Å²) in [6, 6.07) is 8.03. The topological polar surface area (TPSA) is 53.1 Å². The summed E-state index contributed by atoms with van der Waals surface area (Å²) < 4.78 is 8.35. The average Bonchev–Trinajstić information content (AvgIpc) is 2.68. The average molecular weight is 294 g/mol. The van der Waals surface area contributed by atoms with Crippen LogP contribution in [0.2, 0.25) is 0 Å². The van der Waals surface area contributed by atoms with Gasteiger partial charge in [0.05, 0.1) is 24.6 Å². The molecule has 0 spiro atoms. The normalized spacial score (nSPS) is 14.6. The van der Waals surface area contributed by atoms with Crippen molar-refractivity contribution in [2.24, 2.45) is 0 Å². The number of aromatic nitrogens is 2. The first-order valence-electron chi connectivity index (χ1n) is 5.45. The zero-order valence-electron chi connectivity index (χ0n) is 9.19. The number of hydrogen-bond donors (Lipinski definition) is 1. The van der Waals surface area contributed by atoms with Crippen molar-refractivity contribution in [1.29, 1.82) is 0 Å². The van der Waals surface area contributed by atoms with Crippen molar-refractivity contribution in [2.75, 3.05) is 12.3 Å². The van der Waals surface area contributed by atoms with E-state index in [-0.39, 0.29) is 0 Å². The summed E-state index contributed by atoms with van der Waals surface area (Å²) in [7, 11) is 0. The second-order valence-corrected chi connectivity index (χ2v) is 4.92. The predicted molar refractivity (Wildman–Crippen MR) is 69.0 cm³/mol.